The van der Waals surface area contributed by atoms with Crippen molar-refractivity contribution in [3.05, 3.63) is 98.6 Å². The SMILES string of the molecule is O=C1c2ccccc2C(=O)N1Cc1ccc(S(=O)(=O)Nc2ccc([N+](=O)[O-])cc2Cl)cc1. The number of sulfonamides is 1. The fourth-order valence-corrected chi connectivity index (χ4v) is 4.60. The number of hydrogen-bond donors (Lipinski definition) is 1. The Bertz CT molecular complexity index is 1340. The molecule has 0 bridgehead atoms. The van der Waals surface area contributed by atoms with Crippen LogP contribution in [0, 0.1) is 10.1 Å². The van der Waals surface area contributed by atoms with Gasteiger partial charge in [0.2, 0.25) is 0 Å². The molecule has 4 rings (SSSR count). The van der Waals surface area contributed by atoms with Gasteiger partial charge in [0.05, 0.1) is 38.2 Å². The molecule has 0 spiro atoms. The Morgan fingerprint density at radius 2 is 1.53 bits per heavy atom. The van der Waals surface area contributed by atoms with Crippen molar-refractivity contribution in [1.82, 2.24) is 4.90 Å². The van der Waals surface area contributed by atoms with Crippen molar-refractivity contribution in [2.24, 2.45) is 0 Å². The summed E-state index contributed by atoms with van der Waals surface area (Å²) in [5, 5.41) is 10.7. The van der Waals surface area contributed by atoms with Gasteiger partial charge in [0, 0.05) is 12.1 Å². The molecule has 32 heavy (non-hydrogen) atoms. The highest BCUT2D eigenvalue weighted by atomic mass is 35.5. The molecule has 11 heteroatoms. The zero-order valence-corrected chi connectivity index (χ0v) is 17.8. The monoisotopic (exact) mass is 471 g/mol. The standard InChI is InChI=1S/C21H14ClN3O6S/c22-18-11-14(25(28)29)7-10-19(18)23-32(30,31)15-8-5-13(6-9-15)12-24-20(26)16-3-1-2-4-17(16)21(24)27/h1-11,23H,12H2. The number of non-ortho nitro benzene ring substituents is 1. The van der Waals surface area contributed by atoms with Gasteiger partial charge in [-0.05, 0) is 35.9 Å². The zero-order chi connectivity index (χ0) is 23.0. The van der Waals surface area contributed by atoms with Crippen LogP contribution in [0.1, 0.15) is 26.3 Å². The van der Waals surface area contributed by atoms with Crippen LogP contribution in [0.15, 0.2) is 71.6 Å². The van der Waals surface area contributed by atoms with Crippen LogP contribution in [-0.4, -0.2) is 30.1 Å². The van der Waals surface area contributed by atoms with Crippen molar-refractivity contribution >= 4 is 44.8 Å². The molecule has 1 aliphatic heterocycles. The van der Waals surface area contributed by atoms with Crippen LogP contribution < -0.4 is 4.72 Å². The van der Waals surface area contributed by atoms with E-state index in [-0.39, 0.29) is 27.8 Å². The predicted octanol–water partition coefficient (Wildman–Crippen LogP) is 3.85. The van der Waals surface area contributed by atoms with E-state index in [2.05, 4.69) is 4.72 Å². The summed E-state index contributed by atoms with van der Waals surface area (Å²) in [5.74, 6) is -0.812. The van der Waals surface area contributed by atoms with E-state index in [9.17, 15) is 28.1 Å². The summed E-state index contributed by atoms with van der Waals surface area (Å²) < 4.78 is 27.6. The van der Waals surface area contributed by atoms with Crippen LogP contribution in [0.5, 0.6) is 0 Å². The summed E-state index contributed by atoms with van der Waals surface area (Å²) in [5.41, 5.74) is 0.955. The van der Waals surface area contributed by atoms with E-state index in [1.54, 1.807) is 24.3 Å². The number of rotatable bonds is 6. The molecule has 162 valence electrons. The number of nitro groups is 1. The van der Waals surface area contributed by atoms with Crippen LogP contribution in [0.25, 0.3) is 0 Å². The number of benzene rings is 3. The van der Waals surface area contributed by atoms with Crippen LogP contribution >= 0.6 is 11.6 Å². The van der Waals surface area contributed by atoms with E-state index in [1.807, 2.05) is 0 Å². The minimum Gasteiger partial charge on any atom is -0.278 e. The molecule has 1 heterocycles. The van der Waals surface area contributed by atoms with Crippen molar-refractivity contribution in [1.29, 1.82) is 0 Å². The average Bonchev–Trinajstić information content (AvgIpc) is 3.00. The summed E-state index contributed by atoms with van der Waals surface area (Å²) in [4.78, 5) is 36.1. The number of imide groups is 1. The van der Waals surface area contributed by atoms with Gasteiger partial charge in [0.1, 0.15) is 0 Å². The smallest absolute Gasteiger partial charge is 0.271 e. The predicted molar refractivity (Wildman–Crippen MR) is 116 cm³/mol. The first-order chi connectivity index (χ1) is 15.2. The van der Waals surface area contributed by atoms with Crippen molar-refractivity contribution in [2.75, 3.05) is 4.72 Å². The van der Waals surface area contributed by atoms with Gasteiger partial charge in [-0.25, -0.2) is 8.42 Å². The number of halogens is 1. The van der Waals surface area contributed by atoms with Crippen molar-refractivity contribution in [3.8, 4) is 0 Å². The fraction of sp³-hybridized carbons (Fsp3) is 0.0476. The number of nitro benzene ring substituents is 1. The molecule has 3 aromatic rings. The lowest BCUT2D eigenvalue weighted by molar-refractivity contribution is -0.384. The zero-order valence-electron chi connectivity index (χ0n) is 16.2. The van der Waals surface area contributed by atoms with Crippen LogP contribution in [0.2, 0.25) is 5.02 Å². The Morgan fingerprint density at radius 1 is 0.938 bits per heavy atom. The van der Waals surface area contributed by atoms with E-state index in [0.29, 0.717) is 16.7 Å². The molecule has 1 aliphatic rings. The van der Waals surface area contributed by atoms with Gasteiger partial charge in [-0.3, -0.25) is 29.3 Å². The first-order valence-electron chi connectivity index (χ1n) is 9.18. The second-order valence-corrected chi connectivity index (χ2v) is 9.00. The van der Waals surface area contributed by atoms with Gasteiger partial charge in [0.25, 0.3) is 27.5 Å². The Kier molecular flexibility index (Phi) is 5.41. The third-order valence-corrected chi connectivity index (χ3v) is 6.55. The lowest BCUT2D eigenvalue weighted by Gasteiger charge is -2.14. The Morgan fingerprint density at radius 3 is 2.06 bits per heavy atom. The molecule has 0 aromatic heterocycles. The quantitative estimate of drug-likeness (QED) is 0.330. The average molecular weight is 472 g/mol. The van der Waals surface area contributed by atoms with Crippen LogP contribution in [0.4, 0.5) is 11.4 Å². The maximum absolute atomic E-state index is 12.7. The number of fused-ring (bicyclic) bond motifs is 1. The number of carbonyl (C=O) groups excluding carboxylic acids is 2. The number of amides is 2. The van der Waals surface area contributed by atoms with E-state index < -0.39 is 26.8 Å². The van der Waals surface area contributed by atoms with Crippen LogP contribution in [-0.2, 0) is 16.6 Å². The van der Waals surface area contributed by atoms with Crippen molar-refractivity contribution in [3.63, 3.8) is 0 Å². The minimum atomic E-state index is -4.03. The van der Waals surface area contributed by atoms with E-state index >= 15 is 0 Å². The molecule has 9 nitrogen and oxygen atoms in total. The number of carbonyl (C=O) groups is 2. The summed E-state index contributed by atoms with van der Waals surface area (Å²) in [6.45, 7) is -0.00567. The van der Waals surface area contributed by atoms with Gasteiger partial charge in [0.15, 0.2) is 0 Å². The molecule has 0 saturated carbocycles. The molecule has 1 N–H and O–H groups in total. The first kappa shape index (κ1) is 21.5. The number of nitrogens with one attached hydrogen (secondary N) is 1. The summed E-state index contributed by atoms with van der Waals surface area (Å²) in [6, 6.07) is 15.6. The normalized spacial score (nSPS) is 13.2. The van der Waals surface area contributed by atoms with Gasteiger partial charge in [-0.15, -0.1) is 0 Å². The van der Waals surface area contributed by atoms with E-state index in [4.69, 9.17) is 11.6 Å². The number of hydrogen-bond acceptors (Lipinski definition) is 6. The third-order valence-electron chi connectivity index (χ3n) is 4.86. The molecule has 0 aliphatic carbocycles. The van der Waals surface area contributed by atoms with E-state index in [0.717, 1.165) is 17.0 Å². The van der Waals surface area contributed by atoms with E-state index in [1.165, 1.54) is 30.3 Å². The maximum Gasteiger partial charge on any atom is 0.271 e. The molecule has 2 amide bonds. The molecule has 0 unspecified atom stereocenters. The largest absolute Gasteiger partial charge is 0.278 e. The van der Waals surface area contributed by atoms with Gasteiger partial charge < -0.3 is 0 Å². The molecule has 3 aromatic carbocycles. The molecular formula is C21H14ClN3O6S. The molecule has 0 fully saturated rings. The summed E-state index contributed by atoms with van der Waals surface area (Å²) in [6.07, 6.45) is 0. The molecular weight excluding hydrogens is 458 g/mol. The molecule has 0 radical (unpaired) electrons. The molecule has 0 saturated heterocycles. The molecule has 0 atom stereocenters. The van der Waals surface area contributed by atoms with Crippen molar-refractivity contribution in [2.45, 2.75) is 11.4 Å². The lowest BCUT2D eigenvalue weighted by Crippen LogP contribution is -2.29. The highest BCUT2D eigenvalue weighted by molar-refractivity contribution is 7.92. The second-order valence-electron chi connectivity index (χ2n) is 6.91. The second kappa shape index (κ2) is 8.06. The Hall–Kier alpha value is -3.76. The van der Waals surface area contributed by atoms with Crippen LogP contribution in [0.3, 0.4) is 0 Å². The first-order valence-corrected chi connectivity index (χ1v) is 11.0. The fourth-order valence-electron chi connectivity index (χ4n) is 3.24. The van der Waals surface area contributed by atoms with Gasteiger partial charge in [-0.1, -0.05) is 35.9 Å². The third kappa shape index (κ3) is 3.93. The summed E-state index contributed by atoms with van der Waals surface area (Å²) in [7, 11) is -4.03. The highest BCUT2D eigenvalue weighted by Gasteiger charge is 2.35. The maximum atomic E-state index is 12.7. The Balaban J connectivity index is 1.51. The van der Waals surface area contributed by atoms with Crippen molar-refractivity contribution < 1.29 is 22.9 Å². The summed E-state index contributed by atoms with van der Waals surface area (Å²) >= 11 is 5.95. The topological polar surface area (TPSA) is 127 Å². The lowest BCUT2D eigenvalue weighted by atomic mass is 10.1. The highest BCUT2D eigenvalue weighted by Crippen LogP contribution is 2.29. The number of nitrogens with zero attached hydrogens (tertiary/aromatic N) is 2. The Labute approximate surface area is 187 Å². The van der Waals surface area contributed by atoms with Gasteiger partial charge in [-0.2, -0.15) is 0 Å². The number of anilines is 1. The van der Waals surface area contributed by atoms with Gasteiger partial charge >= 0.3 is 0 Å². The minimum absolute atomic E-state index is 0.00567.